The van der Waals surface area contributed by atoms with E-state index in [1.165, 1.54) is 11.8 Å². The van der Waals surface area contributed by atoms with Crippen molar-refractivity contribution in [3.05, 3.63) is 35.9 Å². The van der Waals surface area contributed by atoms with E-state index in [9.17, 15) is 4.79 Å². The third-order valence-electron chi connectivity index (χ3n) is 3.36. The molecule has 2 aromatic rings. The Morgan fingerprint density at radius 1 is 1.22 bits per heavy atom. The molecule has 0 aliphatic heterocycles. The Hall–Kier alpha value is -1.89. The molecule has 1 amide bonds. The molecule has 1 atom stereocenters. The van der Waals surface area contributed by atoms with E-state index in [1.807, 2.05) is 58.0 Å². The molecule has 124 valence electrons. The van der Waals surface area contributed by atoms with Gasteiger partial charge in [-0.05, 0) is 35.8 Å². The van der Waals surface area contributed by atoms with Crippen molar-refractivity contribution in [2.45, 2.75) is 50.7 Å². The summed E-state index contributed by atoms with van der Waals surface area (Å²) in [7, 11) is 0. The van der Waals surface area contributed by atoms with Crippen LogP contribution in [0.2, 0.25) is 0 Å². The molecule has 1 N–H and O–H groups in total. The van der Waals surface area contributed by atoms with Crippen molar-refractivity contribution in [1.29, 1.82) is 0 Å². The number of benzene rings is 1. The van der Waals surface area contributed by atoms with Gasteiger partial charge in [0.05, 0.1) is 11.3 Å². The minimum absolute atomic E-state index is 0.00663. The summed E-state index contributed by atoms with van der Waals surface area (Å²) in [6, 6.07) is 10.0. The summed E-state index contributed by atoms with van der Waals surface area (Å²) < 4.78 is 1.74. The normalized spacial score (nSPS) is 12.6. The SMILES string of the molecule is CC(C)[C@@H](Sc1nnnn1C(C)C)C(=O)NCc1ccccc1. The van der Waals surface area contributed by atoms with E-state index in [2.05, 4.69) is 20.8 Å². The molecule has 0 unspecified atom stereocenters. The van der Waals surface area contributed by atoms with Crippen LogP contribution in [0.5, 0.6) is 0 Å². The lowest BCUT2D eigenvalue weighted by atomic mass is 10.1. The Morgan fingerprint density at radius 2 is 1.91 bits per heavy atom. The van der Waals surface area contributed by atoms with Gasteiger partial charge < -0.3 is 5.32 Å². The number of carbonyl (C=O) groups is 1. The second-order valence-corrected chi connectivity index (χ2v) is 7.09. The van der Waals surface area contributed by atoms with Crippen LogP contribution in [0.3, 0.4) is 0 Å². The molecule has 1 aromatic carbocycles. The highest BCUT2D eigenvalue weighted by Crippen LogP contribution is 2.27. The number of hydrogen-bond donors (Lipinski definition) is 1. The van der Waals surface area contributed by atoms with Crippen LogP contribution in [-0.4, -0.2) is 31.4 Å². The fraction of sp³-hybridized carbons (Fsp3) is 0.500. The van der Waals surface area contributed by atoms with E-state index in [0.29, 0.717) is 11.7 Å². The van der Waals surface area contributed by atoms with Gasteiger partial charge >= 0.3 is 0 Å². The molecule has 1 heterocycles. The molecule has 0 fully saturated rings. The molecule has 0 spiro atoms. The van der Waals surface area contributed by atoms with Crippen LogP contribution in [0.15, 0.2) is 35.5 Å². The number of tetrazole rings is 1. The maximum Gasteiger partial charge on any atom is 0.234 e. The topological polar surface area (TPSA) is 72.7 Å². The lowest BCUT2D eigenvalue weighted by molar-refractivity contribution is -0.121. The molecule has 0 saturated carbocycles. The summed E-state index contributed by atoms with van der Waals surface area (Å²) in [6.07, 6.45) is 0. The number of aromatic nitrogens is 4. The van der Waals surface area contributed by atoms with Crippen LogP contribution in [-0.2, 0) is 11.3 Å². The van der Waals surface area contributed by atoms with Crippen molar-refractivity contribution in [1.82, 2.24) is 25.5 Å². The van der Waals surface area contributed by atoms with Gasteiger partial charge in [-0.25, -0.2) is 4.68 Å². The van der Waals surface area contributed by atoms with E-state index >= 15 is 0 Å². The lowest BCUT2D eigenvalue weighted by Gasteiger charge is -2.19. The average Bonchev–Trinajstić information content (AvgIpc) is 2.99. The number of nitrogens with zero attached hydrogens (tertiary/aromatic N) is 4. The minimum atomic E-state index is -0.234. The average molecular weight is 333 g/mol. The first kappa shape index (κ1) is 17.5. The molecule has 1 aromatic heterocycles. The van der Waals surface area contributed by atoms with Crippen LogP contribution < -0.4 is 5.32 Å². The molecule has 0 radical (unpaired) electrons. The Balaban J connectivity index is 2.03. The highest BCUT2D eigenvalue weighted by atomic mass is 32.2. The van der Waals surface area contributed by atoms with E-state index in [-0.39, 0.29) is 23.1 Å². The quantitative estimate of drug-likeness (QED) is 0.789. The molecule has 2 rings (SSSR count). The van der Waals surface area contributed by atoms with Crippen LogP contribution in [0, 0.1) is 5.92 Å². The zero-order chi connectivity index (χ0) is 16.8. The van der Waals surface area contributed by atoms with Gasteiger partial charge in [0.25, 0.3) is 0 Å². The maximum absolute atomic E-state index is 12.6. The third-order valence-corrected chi connectivity index (χ3v) is 4.85. The van der Waals surface area contributed by atoms with Gasteiger partial charge in [0.1, 0.15) is 0 Å². The fourth-order valence-corrected chi connectivity index (χ4v) is 3.21. The molecule has 0 aliphatic rings. The lowest BCUT2D eigenvalue weighted by Crippen LogP contribution is -2.35. The Kier molecular flexibility index (Phi) is 6.15. The second-order valence-electron chi connectivity index (χ2n) is 5.99. The molecule has 7 heteroatoms. The summed E-state index contributed by atoms with van der Waals surface area (Å²) in [4.78, 5) is 12.6. The van der Waals surface area contributed by atoms with Gasteiger partial charge in [0, 0.05) is 6.54 Å². The molecule has 0 saturated heterocycles. The third kappa shape index (κ3) is 4.79. The molecule has 0 aliphatic carbocycles. The monoisotopic (exact) mass is 333 g/mol. The summed E-state index contributed by atoms with van der Waals surface area (Å²) in [5, 5.41) is 15.2. The van der Waals surface area contributed by atoms with Crippen LogP contribution in [0.25, 0.3) is 0 Å². The zero-order valence-corrected chi connectivity index (χ0v) is 14.7. The van der Waals surface area contributed by atoms with Crippen molar-refractivity contribution in [2.75, 3.05) is 0 Å². The van der Waals surface area contributed by atoms with Gasteiger partial charge in [-0.15, -0.1) is 5.10 Å². The second kappa shape index (κ2) is 8.10. The molecule has 23 heavy (non-hydrogen) atoms. The van der Waals surface area contributed by atoms with Gasteiger partial charge in [-0.1, -0.05) is 55.9 Å². The first-order valence-electron chi connectivity index (χ1n) is 7.75. The Labute approximate surface area is 141 Å². The molecule has 0 bridgehead atoms. The van der Waals surface area contributed by atoms with E-state index in [0.717, 1.165) is 5.56 Å². The predicted molar refractivity (Wildman–Crippen MR) is 91.0 cm³/mol. The van der Waals surface area contributed by atoms with Crippen molar-refractivity contribution in [3.63, 3.8) is 0 Å². The highest BCUT2D eigenvalue weighted by Gasteiger charge is 2.26. The summed E-state index contributed by atoms with van der Waals surface area (Å²) in [6.45, 7) is 8.62. The maximum atomic E-state index is 12.6. The first-order valence-corrected chi connectivity index (χ1v) is 8.63. The van der Waals surface area contributed by atoms with Crippen molar-refractivity contribution >= 4 is 17.7 Å². The number of amides is 1. The number of nitrogens with one attached hydrogen (secondary N) is 1. The molecular weight excluding hydrogens is 310 g/mol. The summed E-state index contributed by atoms with van der Waals surface area (Å²) in [5.74, 6) is 0.181. The smallest absolute Gasteiger partial charge is 0.234 e. The number of rotatable bonds is 7. The molecular formula is C16H23N5OS. The Bertz CT molecular complexity index is 626. The minimum Gasteiger partial charge on any atom is -0.351 e. The van der Waals surface area contributed by atoms with Crippen LogP contribution in [0.1, 0.15) is 39.3 Å². The molecule has 6 nitrogen and oxygen atoms in total. The largest absolute Gasteiger partial charge is 0.351 e. The predicted octanol–water partition coefficient (Wildman–Crippen LogP) is 2.69. The van der Waals surface area contributed by atoms with E-state index < -0.39 is 0 Å². The zero-order valence-electron chi connectivity index (χ0n) is 13.9. The van der Waals surface area contributed by atoms with E-state index in [1.54, 1.807) is 4.68 Å². The van der Waals surface area contributed by atoms with Gasteiger partial charge in [0.15, 0.2) is 0 Å². The summed E-state index contributed by atoms with van der Waals surface area (Å²) in [5.41, 5.74) is 1.08. The van der Waals surface area contributed by atoms with Crippen molar-refractivity contribution < 1.29 is 4.79 Å². The van der Waals surface area contributed by atoms with Gasteiger partial charge in [0.2, 0.25) is 11.1 Å². The number of hydrogen-bond acceptors (Lipinski definition) is 5. The Morgan fingerprint density at radius 3 is 2.52 bits per heavy atom. The van der Waals surface area contributed by atoms with Crippen LogP contribution in [0.4, 0.5) is 0 Å². The first-order chi connectivity index (χ1) is 11.0. The number of thioether (sulfide) groups is 1. The van der Waals surface area contributed by atoms with Gasteiger partial charge in [-0.2, -0.15) is 0 Å². The van der Waals surface area contributed by atoms with E-state index in [4.69, 9.17) is 0 Å². The fourth-order valence-electron chi connectivity index (χ4n) is 2.08. The van der Waals surface area contributed by atoms with Crippen molar-refractivity contribution in [2.24, 2.45) is 5.92 Å². The summed E-state index contributed by atoms with van der Waals surface area (Å²) >= 11 is 1.42. The van der Waals surface area contributed by atoms with Crippen LogP contribution >= 0.6 is 11.8 Å². The van der Waals surface area contributed by atoms with Gasteiger partial charge in [-0.3, -0.25) is 4.79 Å². The number of carbonyl (C=O) groups excluding carboxylic acids is 1. The van der Waals surface area contributed by atoms with Crippen molar-refractivity contribution in [3.8, 4) is 0 Å². The standard InChI is InChI=1S/C16H23N5OS/c1-11(2)14(23-16-18-19-20-21(16)12(3)4)15(22)17-10-13-8-6-5-7-9-13/h5-9,11-12,14H,10H2,1-4H3,(H,17,22)/t14-/m1/s1. The highest BCUT2D eigenvalue weighted by molar-refractivity contribution is 8.00.